The number of hydrogen-bond donors (Lipinski definition) is 1. The summed E-state index contributed by atoms with van der Waals surface area (Å²) in [5.41, 5.74) is 0.456. The first-order valence-electron chi connectivity index (χ1n) is 6.27. The molecule has 0 saturated carbocycles. The van der Waals surface area contributed by atoms with Crippen LogP contribution in [-0.4, -0.2) is 17.0 Å². The molecule has 0 spiro atoms. The van der Waals surface area contributed by atoms with Gasteiger partial charge in [0.1, 0.15) is 5.56 Å². The van der Waals surface area contributed by atoms with Gasteiger partial charge in [-0.15, -0.1) is 0 Å². The zero-order valence-electron chi connectivity index (χ0n) is 11.4. The lowest BCUT2D eigenvalue weighted by Crippen LogP contribution is -2.32. The Balaban J connectivity index is 2.02. The number of hydrogen-bond acceptors (Lipinski definition) is 2. The van der Waals surface area contributed by atoms with E-state index in [0.29, 0.717) is 10.6 Å². The Morgan fingerprint density at radius 3 is 2.81 bits per heavy atom. The van der Waals surface area contributed by atoms with E-state index in [1.54, 1.807) is 31.4 Å². The highest BCUT2D eigenvalue weighted by Gasteiger charge is 2.09. The number of amides is 1. The Kier molecular flexibility index (Phi) is 4.81. The lowest BCUT2D eigenvalue weighted by molar-refractivity contribution is 0.0956. The Labute approximate surface area is 127 Å². The molecule has 0 bridgehead atoms. The molecular weight excluding hydrogens is 288 g/mol. The molecule has 1 N–H and O–H groups in total. The number of pyridine rings is 1. The van der Waals surface area contributed by atoms with Crippen molar-refractivity contribution in [1.82, 2.24) is 9.88 Å². The molecule has 1 heterocycles. The maximum absolute atomic E-state index is 11.9. The minimum absolute atomic E-state index is 0.0968. The molecule has 0 unspecified atom stereocenters. The maximum Gasteiger partial charge on any atom is 0.263 e. The molecule has 2 aromatic rings. The Bertz CT molecular complexity index is 785. The highest BCUT2D eigenvalue weighted by Crippen LogP contribution is 2.12. The molecular formula is C16H13ClN2O2. The summed E-state index contributed by atoms with van der Waals surface area (Å²) >= 11 is 5.97. The molecule has 0 saturated heterocycles. The first-order valence-corrected chi connectivity index (χ1v) is 6.64. The fraction of sp³-hybridized carbons (Fsp3) is 0.125. The molecule has 0 radical (unpaired) electrons. The van der Waals surface area contributed by atoms with Gasteiger partial charge in [0.2, 0.25) is 0 Å². The van der Waals surface area contributed by atoms with Crippen LogP contribution in [-0.2, 0) is 7.05 Å². The number of aryl methyl sites for hydroxylation is 1. The van der Waals surface area contributed by atoms with Crippen molar-refractivity contribution in [2.45, 2.75) is 0 Å². The van der Waals surface area contributed by atoms with Crippen molar-refractivity contribution in [3.05, 3.63) is 69.1 Å². The average molecular weight is 301 g/mol. The predicted octanol–water partition coefficient (Wildman–Crippen LogP) is 1.82. The number of benzene rings is 1. The van der Waals surface area contributed by atoms with E-state index in [-0.39, 0.29) is 17.7 Å². The molecule has 2 rings (SSSR count). The molecule has 4 nitrogen and oxygen atoms in total. The first kappa shape index (κ1) is 14.9. The van der Waals surface area contributed by atoms with Crippen LogP contribution in [0.3, 0.4) is 0 Å². The summed E-state index contributed by atoms with van der Waals surface area (Å²) in [6.45, 7) is 0.141. The summed E-state index contributed by atoms with van der Waals surface area (Å²) in [5, 5.41) is 3.15. The Hall–Kier alpha value is -2.51. The fourth-order valence-electron chi connectivity index (χ4n) is 1.69. The van der Waals surface area contributed by atoms with Crippen molar-refractivity contribution in [3.8, 4) is 11.8 Å². The summed E-state index contributed by atoms with van der Waals surface area (Å²) in [6, 6.07) is 10.3. The largest absolute Gasteiger partial charge is 0.341 e. The van der Waals surface area contributed by atoms with Crippen LogP contribution >= 0.6 is 11.6 Å². The van der Waals surface area contributed by atoms with Crippen molar-refractivity contribution in [2.24, 2.45) is 7.05 Å². The van der Waals surface area contributed by atoms with Gasteiger partial charge in [0.25, 0.3) is 11.5 Å². The molecule has 1 aromatic heterocycles. The van der Waals surface area contributed by atoms with Gasteiger partial charge in [-0.2, -0.15) is 0 Å². The fourth-order valence-corrected chi connectivity index (χ4v) is 1.87. The molecule has 5 heteroatoms. The Morgan fingerprint density at radius 2 is 2.05 bits per heavy atom. The third kappa shape index (κ3) is 3.74. The van der Waals surface area contributed by atoms with Gasteiger partial charge in [-0.1, -0.05) is 35.6 Å². The summed E-state index contributed by atoms with van der Waals surface area (Å²) in [4.78, 5) is 23.6. The van der Waals surface area contributed by atoms with Gasteiger partial charge in [-0.25, -0.2) is 0 Å². The number of halogens is 1. The van der Waals surface area contributed by atoms with Crippen LogP contribution in [0, 0.1) is 11.8 Å². The van der Waals surface area contributed by atoms with Crippen LogP contribution in [0.25, 0.3) is 0 Å². The van der Waals surface area contributed by atoms with Crippen LogP contribution in [0.1, 0.15) is 15.9 Å². The normalized spacial score (nSPS) is 9.62. The lowest BCUT2D eigenvalue weighted by Gasteiger charge is -2.02. The van der Waals surface area contributed by atoms with Gasteiger partial charge < -0.3 is 9.88 Å². The monoisotopic (exact) mass is 300 g/mol. The smallest absolute Gasteiger partial charge is 0.263 e. The summed E-state index contributed by atoms with van der Waals surface area (Å²) in [5.74, 6) is 5.23. The second kappa shape index (κ2) is 6.78. The van der Waals surface area contributed by atoms with E-state index in [4.69, 9.17) is 11.6 Å². The van der Waals surface area contributed by atoms with Gasteiger partial charge in [-0.05, 0) is 24.3 Å². The highest BCUT2D eigenvalue weighted by molar-refractivity contribution is 6.31. The quantitative estimate of drug-likeness (QED) is 0.860. The first-order chi connectivity index (χ1) is 10.1. The molecule has 106 valence electrons. The van der Waals surface area contributed by atoms with Crippen LogP contribution in [0.15, 0.2) is 47.4 Å². The standard InChI is InChI=1S/C16H13ClN2O2/c1-19-11-5-8-13(16(19)21)15(20)18-10-4-7-12-6-2-3-9-14(12)17/h2-3,5-6,8-9,11H,10H2,1H3,(H,18,20). The van der Waals surface area contributed by atoms with Crippen LogP contribution in [0.4, 0.5) is 0 Å². The number of carbonyl (C=O) groups excluding carboxylic acids is 1. The predicted molar refractivity (Wildman–Crippen MR) is 82.3 cm³/mol. The minimum Gasteiger partial charge on any atom is -0.341 e. The van der Waals surface area contributed by atoms with E-state index in [1.165, 1.54) is 10.6 Å². The number of aromatic nitrogens is 1. The lowest BCUT2D eigenvalue weighted by atomic mass is 10.2. The third-order valence-corrected chi connectivity index (χ3v) is 3.13. The zero-order chi connectivity index (χ0) is 15.2. The van der Waals surface area contributed by atoms with E-state index in [2.05, 4.69) is 17.2 Å². The molecule has 0 aliphatic carbocycles. The number of nitrogens with zero attached hydrogens (tertiary/aromatic N) is 1. The highest BCUT2D eigenvalue weighted by atomic mass is 35.5. The molecule has 0 aliphatic rings. The van der Waals surface area contributed by atoms with Crippen LogP contribution in [0.2, 0.25) is 5.02 Å². The van der Waals surface area contributed by atoms with Crippen molar-refractivity contribution < 1.29 is 4.79 Å². The second-order valence-corrected chi connectivity index (χ2v) is 4.71. The topological polar surface area (TPSA) is 51.1 Å². The van der Waals surface area contributed by atoms with Gasteiger partial charge in [-0.3, -0.25) is 9.59 Å². The molecule has 0 fully saturated rings. The van der Waals surface area contributed by atoms with E-state index >= 15 is 0 Å². The van der Waals surface area contributed by atoms with E-state index in [1.807, 2.05) is 12.1 Å². The van der Waals surface area contributed by atoms with Crippen molar-refractivity contribution in [3.63, 3.8) is 0 Å². The SMILES string of the molecule is Cn1cccc(C(=O)NCC#Cc2ccccc2Cl)c1=O. The molecule has 1 aromatic carbocycles. The summed E-state index contributed by atoms with van der Waals surface area (Å²) in [7, 11) is 1.59. The van der Waals surface area contributed by atoms with E-state index < -0.39 is 5.91 Å². The van der Waals surface area contributed by atoms with Crippen LogP contribution in [0.5, 0.6) is 0 Å². The second-order valence-electron chi connectivity index (χ2n) is 4.30. The van der Waals surface area contributed by atoms with E-state index in [9.17, 15) is 9.59 Å². The van der Waals surface area contributed by atoms with Gasteiger partial charge in [0, 0.05) is 18.8 Å². The van der Waals surface area contributed by atoms with Crippen molar-refractivity contribution in [2.75, 3.05) is 6.54 Å². The zero-order valence-corrected chi connectivity index (χ0v) is 12.1. The molecule has 1 amide bonds. The molecule has 0 aliphatic heterocycles. The summed E-state index contributed by atoms with van der Waals surface area (Å²) < 4.78 is 1.35. The maximum atomic E-state index is 11.9. The number of nitrogens with one attached hydrogen (secondary N) is 1. The van der Waals surface area contributed by atoms with Gasteiger partial charge in [0.05, 0.1) is 11.6 Å². The van der Waals surface area contributed by atoms with Gasteiger partial charge in [0.15, 0.2) is 0 Å². The minimum atomic E-state index is -0.440. The average Bonchev–Trinajstić information content (AvgIpc) is 2.48. The third-order valence-electron chi connectivity index (χ3n) is 2.80. The molecule has 0 atom stereocenters. The number of carbonyl (C=O) groups is 1. The number of rotatable bonds is 2. The molecule has 21 heavy (non-hydrogen) atoms. The van der Waals surface area contributed by atoms with Crippen molar-refractivity contribution in [1.29, 1.82) is 0 Å². The summed E-state index contributed by atoms with van der Waals surface area (Å²) in [6.07, 6.45) is 1.59. The van der Waals surface area contributed by atoms with Crippen molar-refractivity contribution >= 4 is 17.5 Å². The van der Waals surface area contributed by atoms with Crippen LogP contribution < -0.4 is 10.9 Å². The van der Waals surface area contributed by atoms with Gasteiger partial charge >= 0.3 is 0 Å². The van der Waals surface area contributed by atoms with E-state index in [0.717, 1.165) is 0 Å². The Morgan fingerprint density at radius 1 is 1.29 bits per heavy atom.